The zero-order valence-corrected chi connectivity index (χ0v) is 22.3. The molecule has 3 aromatic heterocycles. The summed E-state index contributed by atoms with van der Waals surface area (Å²) in [5.74, 6) is 1.18. The Morgan fingerprint density at radius 3 is 2.54 bits per heavy atom. The zero-order chi connectivity index (χ0) is 27.1. The van der Waals surface area contributed by atoms with Gasteiger partial charge in [-0.15, -0.1) is 0 Å². The molecule has 0 bridgehead atoms. The maximum absolute atomic E-state index is 9.53. The summed E-state index contributed by atoms with van der Waals surface area (Å²) in [6.45, 7) is 7.88. The maximum atomic E-state index is 9.53. The molecule has 192 valence electrons. The molecule has 0 aliphatic carbocycles. The molecular formula is C32H25ClN4O2. The van der Waals surface area contributed by atoms with Gasteiger partial charge in [-0.3, -0.25) is 4.98 Å². The van der Waals surface area contributed by atoms with Crippen molar-refractivity contribution in [2.24, 2.45) is 0 Å². The van der Waals surface area contributed by atoms with Crippen LogP contribution in [0.2, 0.25) is 5.02 Å². The Morgan fingerprint density at radius 2 is 1.74 bits per heavy atom. The summed E-state index contributed by atoms with van der Waals surface area (Å²) in [6.07, 6.45) is 5.36. The Balaban J connectivity index is 1.40. The van der Waals surface area contributed by atoms with Crippen LogP contribution in [0.5, 0.6) is 0 Å². The van der Waals surface area contributed by atoms with Crippen LogP contribution in [0, 0.1) is 13.8 Å². The van der Waals surface area contributed by atoms with Crippen molar-refractivity contribution in [2.45, 2.75) is 20.5 Å². The minimum Gasteiger partial charge on any atom is -0.434 e. The number of anilines is 2. The first-order valence-corrected chi connectivity index (χ1v) is 12.9. The smallest absolute Gasteiger partial charge is 0.227 e. The average molecular weight is 533 g/mol. The SMILES string of the molecule is C=Cc1cnc2c(Nc3cccc(-c4cccc(-c5nc6cc(CO)cc(Cl)c6o5)c4C)c3C)nccc2c1. The van der Waals surface area contributed by atoms with E-state index in [1.807, 2.05) is 36.4 Å². The third kappa shape index (κ3) is 4.44. The Morgan fingerprint density at radius 1 is 0.974 bits per heavy atom. The first-order chi connectivity index (χ1) is 19.0. The highest BCUT2D eigenvalue weighted by Crippen LogP contribution is 2.38. The van der Waals surface area contributed by atoms with Crippen molar-refractivity contribution >= 4 is 51.2 Å². The van der Waals surface area contributed by atoms with E-state index in [9.17, 15) is 5.11 Å². The van der Waals surface area contributed by atoms with Gasteiger partial charge in [0.2, 0.25) is 5.89 Å². The summed E-state index contributed by atoms with van der Waals surface area (Å²) in [5.41, 5.74) is 9.65. The summed E-state index contributed by atoms with van der Waals surface area (Å²) in [6, 6.07) is 19.7. The topological polar surface area (TPSA) is 84.1 Å². The molecule has 0 fully saturated rings. The number of aliphatic hydroxyl groups excluding tert-OH is 1. The number of nitrogens with one attached hydrogen (secondary N) is 1. The van der Waals surface area contributed by atoms with E-state index in [2.05, 4.69) is 52.8 Å². The van der Waals surface area contributed by atoms with Crippen molar-refractivity contribution < 1.29 is 9.52 Å². The summed E-state index contributed by atoms with van der Waals surface area (Å²) in [7, 11) is 0. The number of benzene rings is 3. The molecule has 3 heterocycles. The number of fused-ring (bicyclic) bond motifs is 2. The van der Waals surface area contributed by atoms with Crippen LogP contribution in [-0.2, 0) is 6.61 Å². The Kier molecular flexibility index (Phi) is 6.35. The first-order valence-electron chi connectivity index (χ1n) is 12.5. The van der Waals surface area contributed by atoms with Crippen molar-refractivity contribution in [3.8, 4) is 22.6 Å². The van der Waals surface area contributed by atoms with Gasteiger partial charge in [-0.05, 0) is 83.6 Å². The first kappa shape index (κ1) is 24.8. The number of nitrogens with zero attached hydrogens (tertiary/aromatic N) is 3. The fourth-order valence-electron chi connectivity index (χ4n) is 4.88. The molecule has 0 atom stereocenters. The van der Waals surface area contributed by atoms with Gasteiger partial charge < -0.3 is 14.8 Å². The van der Waals surface area contributed by atoms with Crippen LogP contribution < -0.4 is 5.32 Å². The lowest BCUT2D eigenvalue weighted by atomic mass is 9.93. The summed E-state index contributed by atoms with van der Waals surface area (Å²) in [5, 5.41) is 14.5. The lowest BCUT2D eigenvalue weighted by Gasteiger charge is -2.16. The van der Waals surface area contributed by atoms with E-state index in [0.717, 1.165) is 50.0 Å². The van der Waals surface area contributed by atoms with Crippen LogP contribution in [0.15, 0.2) is 84.1 Å². The molecule has 6 aromatic rings. The van der Waals surface area contributed by atoms with E-state index in [-0.39, 0.29) is 6.61 Å². The van der Waals surface area contributed by atoms with Crippen molar-refractivity contribution in [1.82, 2.24) is 15.0 Å². The highest BCUT2D eigenvalue weighted by atomic mass is 35.5. The van der Waals surface area contributed by atoms with Crippen LogP contribution in [0.25, 0.3) is 50.7 Å². The molecule has 3 aromatic carbocycles. The average Bonchev–Trinajstić information content (AvgIpc) is 3.39. The summed E-state index contributed by atoms with van der Waals surface area (Å²) >= 11 is 6.40. The molecule has 0 aliphatic heterocycles. The van der Waals surface area contributed by atoms with Crippen molar-refractivity contribution in [1.29, 1.82) is 0 Å². The number of aromatic nitrogens is 3. The Bertz CT molecular complexity index is 1890. The van der Waals surface area contributed by atoms with Crippen LogP contribution in [0.3, 0.4) is 0 Å². The number of halogens is 1. The van der Waals surface area contributed by atoms with E-state index < -0.39 is 0 Å². The zero-order valence-electron chi connectivity index (χ0n) is 21.5. The molecule has 6 nitrogen and oxygen atoms in total. The van der Waals surface area contributed by atoms with Gasteiger partial charge in [0.15, 0.2) is 11.4 Å². The lowest BCUT2D eigenvalue weighted by Crippen LogP contribution is -1.99. The van der Waals surface area contributed by atoms with Gasteiger partial charge >= 0.3 is 0 Å². The Labute approximate surface area is 230 Å². The van der Waals surface area contributed by atoms with E-state index in [0.29, 0.717) is 33.4 Å². The van der Waals surface area contributed by atoms with Gasteiger partial charge in [-0.2, -0.15) is 0 Å². The molecule has 0 unspecified atom stereocenters. The summed E-state index contributed by atoms with van der Waals surface area (Å²) < 4.78 is 6.09. The standard InChI is InChI=1S/C32H25ClN4O2/c1-4-20-13-22-11-12-34-31(29(22)35-16-20)36-27-10-6-8-24(19(27)3)23-7-5-9-25(18(23)2)32-37-28-15-21(17-38)14-26(33)30(28)39-32/h4-16,38H,1,17H2,2-3H3,(H,34,36). The number of hydrogen-bond donors (Lipinski definition) is 2. The van der Waals surface area contributed by atoms with E-state index in [4.69, 9.17) is 16.0 Å². The number of oxazole rings is 1. The molecule has 6 rings (SSSR count). The number of aliphatic hydroxyl groups is 1. The third-order valence-corrected chi connectivity index (χ3v) is 7.27. The minimum atomic E-state index is -0.115. The van der Waals surface area contributed by atoms with Gasteiger partial charge in [0.1, 0.15) is 11.0 Å². The van der Waals surface area contributed by atoms with Gasteiger partial charge in [0.05, 0.1) is 11.6 Å². The van der Waals surface area contributed by atoms with Gasteiger partial charge in [-0.25, -0.2) is 9.97 Å². The lowest BCUT2D eigenvalue weighted by molar-refractivity contribution is 0.282. The predicted molar refractivity (Wildman–Crippen MR) is 158 cm³/mol. The highest BCUT2D eigenvalue weighted by molar-refractivity contribution is 6.34. The Hall–Kier alpha value is -4.52. The molecule has 39 heavy (non-hydrogen) atoms. The van der Waals surface area contributed by atoms with Crippen molar-refractivity contribution in [3.63, 3.8) is 0 Å². The van der Waals surface area contributed by atoms with E-state index in [1.54, 1.807) is 30.6 Å². The maximum Gasteiger partial charge on any atom is 0.227 e. The molecule has 0 spiro atoms. The molecule has 0 amide bonds. The minimum absolute atomic E-state index is 0.115. The highest BCUT2D eigenvalue weighted by Gasteiger charge is 2.18. The molecule has 0 aliphatic rings. The monoisotopic (exact) mass is 532 g/mol. The number of pyridine rings is 2. The second kappa shape index (κ2) is 9.98. The second-order valence-corrected chi connectivity index (χ2v) is 9.80. The fraction of sp³-hybridized carbons (Fsp3) is 0.0938. The quantitative estimate of drug-likeness (QED) is 0.224. The predicted octanol–water partition coefficient (Wildman–Crippen LogP) is 8.25. The van der Waals surface area contributed by atoms with E-state index >= 15 is 0 Å². The van der Waals surface area contributed by atoms with Crippen LogP contribution >= 0.6 is 11.6 Å². The third-order valence-electron chi connectivity index (χ3n) is 6.98. The number of rotatable bonds is 6. The molecule has 7 heteroatoms. The molecule has 0 saturated heterocycles. The largest absolute Gasteiger partial charge is 0.434 e. The second-order valence-electron chi connectivity index (χ2n) is 9.39. The van der Waals surface area contributed by atoms with Gasteiger partial charge in [0, 0.05) is 29.0 Å². The van der Waals surface area contributed by atoms with Crippen LogP contribution in [0.1, 0.15) is 22.3 Å². The number of hydrogen-bond acceptors (Lipinski definition) is 6. The van der Waals surface area contributed by atoms with Crippen molar-refractivity contribution in [2.75, 3.05) is 5.32 Å². The molecule has 0 radical (unpaired) electrons. The van der Waals surface area contributed by atoms with Crippen LogP contribution in [0.4, 0.5) is 11.5 Å². The van der Waals surface area contributed by atoms with Crippen molar-refractivity contribution in [3.05, 3.63) is 107 Å². The molecule has 2 N–H and O–H groups in total. The van der Waals surface area contributed by atoms with E-state index in [1.165, 1.54) is 0 Å². The van der Waals surface area contributed by atoms with Gasteiger partial charge in [-0.1, -0.05) is 48.5 Å². The summed E-state index contributed by atoms with van der Waals surface area (Å²) in [4.78, 5) is 13.9. The normalized spacial score (nSPS) is 11.3. The van der Waals surface area contributed by atoms with Crippen LogP contribution in [-0.4, -0.2) is 20.1 Å². The molecule has 0 saturated carbocycles. The molecular weight excluding hydrogens is 508 g/mol. The van der Waals surface area contributed by atoms with Gasteiger partial charge in [0.25, 0.3) is 0 Å². The fourth-order valence-corrected chi connectivity index (χ4v) is 5.16.